The lowest BCUT2D eigenvalue weighted by Crippen LogP contribution is -2.63. The summed E-state index contributed by atoms with van der Waals surface area (Å²) in [6.07, 6.45) is -4.62. The van der Waals surface area contributed by atoms with Crippen LogP contribution >= 0.6 is 7.60 Å². The molecule has 1 aliphatic rings. The van der Waals surface area contributed by atoms with Gasteiger partial charge in [-0.25, -0.2) is 0 Å². The lowest BCUT2D eigenvalue weighted by Gasteiger charge is -2.43. The smallest absolute Gasteiger partial charge is 0.331 e. The number of nitrogens with two attached hydrogens (primary N) is 1. The Labute approximate surface area is 148 Å². The van der Waals surface area contributed by atoms with Crippen LogP contribution in [0, 0.1) is 0 Å². The predicted molar refractivity (Wildman–Crippen MR) is 91.2 cm³/mol. The number of hydrogen-bond acceptors (Lipinski definition) is 8. The van der Waals surface area contributed by atoms with E-state index < -0.39 is 50.5 Å². The van der Waals surface area contributed by atoms with Crippen molar-refractivity contribution in [1.29, 1.82) is 0 Å². The fourth-order valence-electron chi connectivity index (χ4n) is 2.18. The highest BCUT2D eigenvalue weighted by Crippen LogP contribution is 2.49. The van der Waals surface area contributed by atoms with Crippen LogP contribution in [0.4, 0.5) is 0 Å². The molecule has 0 saturated carbocycles. The average molecular weight is 385 g/mol. The van der Waals surface area contributed by atoms with Crippen LogP contribution in [-0.4, -0.2) is 76.8 Å². The third kappa shape index (κ3) is 6.86. The number of ether oxygens (including phenoxy) is 3. The highest BCUT2D eigenvalue weighted by atomic mass is 31.2. The summed E-state index contributed by atoms with van der Waals surface area (Å²) >= 11 is 0. The zero-order valence-corrected chi connectivity index (χ0v) is 16.4. The van der Waals surface area contributed by atoms with Gasteiger partial charge in [-0.2, -0.15) is 0 Å². The minimum absolute atomic E-state index is 0.164. The third-order valence-electron chi connectivity index (χ3n) is 3.73. The van der Waals surface area contributed by atoms with E-state index in [1.165, 1.54) is 13.8 Å². The van der Waals surface area contributed by atoms with Crippen molar-refractivity contribution in [3.8, 4) is 0 Å². The van der Waals surface area contributed by atoms with E-state index in [2.05, 4.69) is 0 Å². The van der Waals surface area contributed by atoms with E-state index >= 15 is 0 Å². The van der Waals surface area contributed by atoms with Crippen LogP contribution < -0.4 is 5.73 Å². The summed E-state index contributed by atoms with van der Waals surface area (Å²) in [5, 5.41) is 19.6. The lowest BCUT2D eigenvalue weighted by molar-refractivity contribution is -0.265. The van der Waals surface area contributed by atoms with Crippen molar-refractivity contribution in [2.24, 2.45) is 5.73 Å². The van der Waals surface area contributed by atoms with Crippen LogP contribution in [0.3, 0.4) is 0 Å². The Morgan fingerprint density at radius 2 is 1.88 bits per heavy atom. The van der Waals surface area contributed by atoms with Gasteiger partial charge < -0.3 is 39.6 Å². The highest BCUT2D eigenvalue weighted by molar-refractivity contribution is 7.53. The Bertz CT molecular complexity index is 455. The minimum Gasteiger partial charge on any atom is -0.394 e. The maximum absolute atomic E-state index is 12.1. The molecular formula is C15H32NO8P. The van der Waals surface area contributed by atoms with Gasteiger partial charge in [-0.3, -0.25) is 4.57 Å². The van der Waals surface area contributed by atoms with Gasteiger partial charge in [0.2, 0.25) is 0 Å². The molecule has 6 atom stereocenters. The molecule has 150 valence electrons. The molecule has 0 radical (unpaired) electrons. The molecule has 0 spiro atoms. The van der Waals surface area contributed by atoms with Crippen LogP contribution in [0.1, 0.15) is 34.6 Å². The number of aliphatic hydroxyl groups excluding tert-OH is 2. The van der Waals surface area contributed by atoms with Crippen LogP contribution in [-0.2, 0) is 23.3 Å². The topological polar surface area (TPSA) is 141 Å². The molecule has 0 aliphatic carbocycles. The molecule has 1 saturated heterocycles. The van der Waals surface area contributed by atoms with E-state index in [9.17, 15) is 19.7 Å². The summed E-state index contributed by atoms with van der Waals surface area (Å²) in [4.78, 5) is 9.93. The van der Waals surface area contributed by atoms with Crippen molar-refractivity contribution in [1.82, 2.24) is 0 Å². The van der Waals surface area contributed by atoms with E-state index in [-0.39, 0.29) is 12.2 Å². The Kier molecular flexibility index (Phi) is 8.46. The van der Waals surface area contributed by atoms with Crippen molar-refractivity contribution in [2.75, 3.05) is 19.8 Å². The molecular weight excluding hydrogens is 353 g/mol. The Hall–Kier alpha value is -0.0900. The van der Waals surface area contributed by atoms with E-state index in [1.807, 2.05) is 20.8 Å². The summed E-state index contributed by atoms with van der Waals surface area (Å²) < 4.78 is 33.9. The second-order valence-electron chi connectivity index (χ2n) is 7.35. The Morgan fingerprint density at radius 3 is 2.36 bits per heavy atom. The standard InChI is InChI=1S/C15H32NO8P/c1-9(2)25(19,20)24-13-11(16)14(23-10(8-17)12(13)18)21-6-7-22-15(3,4)5/h9-14,17-18H,6-8,16H2,1-5H3,(H,19,20). The number of hydrogen-bond donors (Lipinski definition) is 4. The van der Waals surface area contributed by atoms with E-state index in [0.29, 0.717) is 6.61 Å². The lowest BCUT2D eigenvalue weighted by atomic mass is 9.98. The summed E-state index contributed by atoms with van der Waals surface area (Å²) in [5.41, 5.74) is 5.03. The zero-order valence-electron chi connectivity index (χ0n) is 15.5. The van der Waals surface area contributed by atoms with E-state index in [1.54, 1.807) is 0 Å². The van der Waals surface area contributed by atoms with Crippen LogP contribution in [0.25, 0.3) is 0 Å². The van der Waals surface area contributed by atoms with Crippen LogP contribution in [0.5, 0.6) is 0 Å². The molecule has 9 nitrogen and oxygen atoms in total. The van der Waals surface area contributed by atoms with Gasteiger partial charge in [0.1, 0.15) is 18.3 Å². The molecule has 1 aliphatic heterocycles. The summed E-state index contributed by atoms with van der Waals surface area (Å²) in [7, 11) is -3.98. The van der Waals surface area contributed by atoms with Gasteiger partial charge >= 0.3 is 7.60 Å². The molecule has 0 amide bonds. The monoisotopic (exact) mass is 385 g/mol. The zero-order chi connectivity index (χ0) is 19.4. The van der Waals surface area contributed by atoms with Crippen LogP contribution in [0.15, 0.2) is 0 Å². The molecule has 1 rings (SSSR count). The molecule has 10 heteroatoms. The molecule has 5 N–H and O–H groups in total. The Balaban J connectivity index is 2.75. The average Bonchev–Trinajstić information content (AvgIpc) is 2.48. The molecule has 1 heterocycles. The maximum Gasteiger partial charge on any atom is 0.331 e. The van der Waals surface area contributed by atoms with Crippen molar-refractivity contribution in [3.05, 3.63) is 0 Å². The maximum atomic E-state index is 12.1. The largest absolute Gasteiger partial charge is 0.394 e. The second-order valence-corrected chi connectivity index (χ2v) is 9.72. The van der Waals surface area contributed by atoms with Crippen LogP contribution in [0.2, 0.25) is 0 Å². The molecule has 0 aromatic carbocycles. The van der Waals surface area contributed by atoms with E-state index in [0.717, 1.165) is 0 Å². The summed E-state index contributed by atoms with van der Waals surface area (Å²) in [6.45, 7) is 8.71. The van der Waals surface area contributed by atoms with E-state index in [4.69, 9.17) is 24.5 Å². The van der Waals surface area contributed by atoms with Gasteiger partial charge in [-0.15, -0.1) is 0 Å². The minimum atomic E-state index is -3.98. The van der Waals surface area contributed by atoms with Crippen molar-refractivity contribution >= 4 is 7.60 Å². The summed E-state index contributed by atoms with van der Waals surface area (Å²) in [5.74, 6) is 0. The SMILES string of the molecule is CC(C)P(=O)(O)OC1C(N)C(OCCOC(C)(C)C)OC(CO)C1O. The van der Waals surface area contributed by atoms with Gasteiger partial charge in [-0.05, 0) is 20.8 Å². The first-order valence-electron chi connectivity index (χ1n) is 8.35. The normalized spacial score (nSPS) is 33.4. The van der Waals surface area contributed by atoms with Gasteiger partial charge in [0, 0.05) is 0 Å². The molecule has 1 fully saturated rings. The van der Waals surface area contributed by atoms with Crippen molar-refractivity contribution in [3.63, 3.8) is 0 Å². The molecule has 25 heavy (non-hydrogen) atoms. The van der Waals surface area contributed by atoms with Gasteiger partial charge in [0.05, 0.1) is 37.1 Å². The summed E-state index contributed by atoms with van der Waals surface area (Å²) in [6, 6.07) is -1.01. The van der Waals surface area contributed by atoms with Gasteiger partial charge in [0.15, 0.2) is 6.29 Å². The van der Waals surface area contributed by atoms with Gasteiger partial charge in [0.25, 0.3) is 0 Å². The third-order valence-corrected chi connectivity index (χ3v) is 5.58. The first-order chi connectivity index (χ1) is 11.4. The van der Waals surface area contributed by atoms with Gasteiger partial charge in [-0.1, -0.05) is 13.8 Å². The van der Waals surface area contributed by atoms with Crippen molar-refractivity contribution in [2.45, 2.75) is 76.5 Å². The molecule has 0 bridgehead atoms. The molecule has 0 aromatic heterocycles. The first-order valence-corrected chi connectivity index (χ1v) is 10.00. The number of rotatable bonds is 8. The molecule has 0 aromatic rings. The Morgan fingerprint density at radius 1 is 1.28 bits per heavy atom. The fourth-order valence-corrected chi connectivity index (χ4v) is 3.04. The first kappa shape index (κ1) is 23.0. The fraction of sp³-hybridized carbons (Fsp3) is 1.00. The number of aliphatic hydroxyl groups is 2. The highest BCUT2D eigenvalue weighted by Gasteiger charge is 2.47. The predicted octanol–water partition coefficient (Wildman–Crippen LogP) is 0.203. The second kappa shape index (κ2) is 9.21. The molecule has 6 unspecified atom stereocenters. The van der Waals surface area contributed by atoms with Crippen molar-refractivity contribution < 1.29 is 38.4 Å². The quantitative estimate of drug-likeness (QED) is 0.341.